The summed E-state index contributed by atoms with van der Waals surface area (Å²) in [5.74, 6) is -0.144. The van der Waals surface area contributed by atoms with E-state index in [2.05, 4.69) is 46.8 Å². The summed E-state index contributed by atoms with van der Waals surface area (Å²) in [6.07, 6.45) is 0. The third kappa shape index (κ3) is 8.19. The van der Waals surface area contributed by atoms with Crippen LogP contribution in [-0.2, 0) is 10.3 Å². The third-order valence-electron chi connectivity index (χ3n) is 12.4. The lowest BCUT2D eigenvalue weighted by Gasteiger charge is -2.36. The molecule has 7 N–H and O–H groups in total. The molecule has 5 aromatic rings. The number of benzene rings is 6. The second-order valence-corrected chi connectivity index (χ2v) is 16.8. The number of nitrogens with one attached hydrogen (secondary N) is 3. The van der Waals surface area contributed by atoms with E-state index in [4.69, 9.17) is 24.6 Å². The number of phenols is 2. The second kappa shape index (κ2) is 18.3. The molecular weight excluding hydrogens is 849 g/mol. The topological polar surface area (TPSA) is 201 Å². The Labute approximate surface area is 387 Å². The van der Waals surface area contributed by atoms with E-state index < -0.39 is 11.6 Å². The molecule has 14 nitrogen and oxygen atoms in total. The summed E-state index contributed by atoms with van der Waals surface area (Å²) < 4.78 is 18.8. The van der Waals surface area contributed by atoms with E-state index in [9.17, 15) is 24.6 Å². The first kappa shape index (κ1) is 44.5. The highest BCUT2D eigenvalue weighted by Crippen LogP contribution is 2.57. The predicted octanol–water partition coefficient (Wildman–Crippen LogP) is 7.57. The molecule has 2 amide bonds. The lowest BCUT2D eigenvalue weighted by molar-refractivity contribution is 0.0224. The van der Waals surface area contributed by atoms with Gasteiger partial charge in [0, 0.05) is 127 Å². The van der Waals surface area contributed by atoms with Crippen molar-refractivity contribution in [3.8, 4) is 45.4 Å². The van der Waals surface area contributed by atoms with Gasteiger partial charge in [-0.25, -0.2) is 4.79 Å². The fraction of sp³-hybridized carbons (Fsp3) is 0.245. The van der Waals surface area contributed by atoms with Crippen LogP contribution in [0.5, 0.6) is 23.0 Å². The Bertz CT molecular complexity index is 3090. The van der Waals surface area contributed by atoms with Crippen LogP contribution in [0.4, 0.5) is 5.69 Å². The van der Waals surface area contributed by atoms with Gasteiger partial charge in [-0.1, -0.05) is 18.2 Å². The number of ether oxygens (including phenoxy) is 2. The molecule has 0 saturated heterocycles. The Kier molecular flexibility index (Phi) is 12.2. The largest absolute Gasteiger partial charge is 0.508 e. The summed E-state index contributed by atoms with van der Waals surface area (Å²) in [4.78, 5) is 48.2. The molecule has 1 aliphatic carbocycles. The quantitative estimate of drug-likeness (QED) is 0.0465. The van der Waals surface area contributed by atoms with Crippen LogP contribution in [0.15, 0.2) is 113 Å². The number of nitrogens with two attached hydrogens (primary N) is 1. The summed E-state index contributed by atoms with van der Waals surface area (Å²) in [6, 6.07) is 29.6. The Hall–Kier alpha value is -7.68. The van der Waals surface area contributed by atoms with E-state index in [-0.39, 0.29) is 46.9 Å². The minimum Gasteiger partial charge on any atom is -0.508 e. The molecule has 4 aliphatic rings. The first-order valence-electron chi connectivity index (χ1n) is 22.5. The van der Waals surface area contributed by atoms with Gasteiger partial charge in [-0.15, -0.1) is 0 Å². The number of carbonyl (C=O) groups is 3. The molecule has 3 heterocycles. The van der Waals surface area contributed by atoms with Crippen molar-refractivity contribution < 1.29 is 38.5 Å². The third-order valence-corrected chi connectivity index (χ3v) is 12.4. The van der Waals surface area contributed by atoms with Gasteiger partial charge in [-0.05, 0) is 105 Å². The first-order valence-corrected chi connectivity index (χ1v) is 22.5. The van der Waals surface area contributed by atoms with E-state index in [0.717, 1.165) is 50.8 Å². The van der Waals surface area contributed by atoms with Gasteiger partial charge in [0.05, 0.1) is 10.9 Å². The maximum atomic E-state index is 14.2. The van der Waals surface area contributed by atoms with Gasteiger partial charge in [0.15, 0.2) is 5.60 Å². The maximum Gasteiger partial charge on any atom is 0.340 e. The molecule has 0 radical (unpaired) electrons. The normalized spacial score (nSPS) is 13.6. The van der Waals surface area contributed by atoms with E-state index >= 15 is 0 Å². The SMILES string of the molecule is CCN=c1cc2oc3cc(NCC)c(C)cc3c(-c3ccccc3C(=O)NCCN(CCN)CCNC(=O)c3ccc4c(c3)C3(OC4=O)c4ccc(O)cc4Oc4cc(O)ccc43)c-2cc1C. The van der Waals surface area contributed by atoms with Crippen molar-refractivity contribution in [1.82, 2.24) is 15.5 Å². The van der Waals surface area contributed by atoms with Crippen molar-refractivity contribution in [1.29, 1.82) is 0 Å². The number of hydrogen-bond donors (Lipinski definition) is 6. The highest BCUT2D eigenvalue weighted by Gasteiger charge is 2.54. The van der Waals surface area contributed by atoms with Gasteiger partial charge in [0.2, 0.25) is 0 Å². The molecule has 5 aromatic carbocycles. The second-order valence-electron chi connectivity index (χ2n) is 16.8. The number of anilines is 1. The highest BCUT2D eigenvalue weighted by molar-refractivity contribution is 6.10. The van der Waals surface area contributed by atoms with Crippen LogP contribution in [-0.4, -0.2) is 85.3 Å². The zero-order valence-electron chi connectivity index (χ0n) is 37.8. The van der Waals surface area contributed by atoms with Crippen LogP contribution in [0.25, 0.3) is 33.4 Å². The number of esters is 1. The number of aryl methyl sites for hydroxylation is 2. The van der Waals surface area contributed by atoms with Crippen LogP contribution in [0.2, 0.25) is 0 Å². The van der Waals surface area contributed by atoms with Crippen LogP contribution in [0, 0.1) is 13.8 Å². The van der Waals surface area contributed by atoms with Crippen molar-refractivity contribution in [2.45, 2.75) is 33.3 Å². The van der Waals surface area contributed by atoms with E-state index in [1.54, 1.807) is 30.3 Å². The van der Waals surface area contributed by atoms with Crippen molar-refractivity contribution in [3.63, 3.8) is 0 Å². The molecular formula is C53H52N6O8. The zero-order valence-corrected chi connectivity index (χ0v) is 37.8. The molecule has 0 saturated carbocycles. The van der Waals surface area contributed by atoms with Crippen molar-refractivity contribution in [2.75, 3.05) is 57.7 Å². The summed E-state index contributed by atoms with van der Waals surface area (Å²) in [5, 5.41) is 31.9. The molecule has 1 spiro atoms. The number of fused-ring (bicyclic) bond motifs is 8. The molecule has 0 aromatic heterocycles. The standard InChI is InChI=1S/C53H52N6O8/c1-5-55-43-28-45-38(23-30(43)3)49(39-24-31(4)44(56-6-2)29-46(39)65-45)35-9-7-8-10-36(35)51(63)58-19-22-59(20-17-54)21-18-57-50(62)32-11-14-37-42(25-32)53(67-52(37)64)40-15-12-33(60)26-47(40)66-48-27-34(61)13-16-41(48)53/h7-16,23-29,55,60-61H,5-6,17-22,54H2,1-4H3,(H,57,62)(H,58,63). The van der Waals surface area contributed by atoms with Crippen LogP contribution in [0.1, 0.15) is 72.7 Å². The zero-order chi connectivity index (χ0) is 47.0. The molecule has 67 heavy (non-hydrogen) atoms. The molecule has 0 atom stereocenters. The molecule has 14 heteroatoms. The van der Waals surface area contributed by atoms with Gasteiger partial charge < -0.3 is 45.8 Å². The van der Waals surface area contributed by atoms with Gasteiger partial charge in [-0.3, -0.25) is 19.5 Å². The monoisotopic (exact) mass is 900 g/mol. The van der Waals surface area contributed by atoms with Gasteiger partial charge in [-0.2, -0.15) is 0 Å². The molecule has 0 bridgehead atoms. The van der Waals surface area contributed by atoms with Crippen molar-refractivity contribution in [3.05, 3.63) is 153 Å². The number of amides is 2. The summed E-state index contributed by atoms with van der Waals surface area (Å²) in [5.41, 5.74) is 13.3. The summed E-state index contributed by atoms with van der Waals surface area (Å²) >= 11 is 0. The van der Waals surface area contributed by atoms with Gasteiger partial charge >= 0.3 is 5.97 Å². The smallest absolute Gasteiger partial charge is 0.340 e. The van der Waals surface area contributed by atoms with E-state index in [1.165, 1.54) is 24.3 Å². The predicted molar refractivity (Wildman–Crippen MR) is 256 cm³/mol. The Balaban J connectivity index is 0.916. The van der Waals surface area contributed by atoms with Crippen molar-refractivity contribution >= 4 is 34.4 Å². The van der Waals surface area contributed by atoms with E-state index in [0.29, 0.717) is 78.4 Å². The number of rotatable bonds is 14. The minimum absolute atomic E-state index is 0.0589. The lowest BCUT2D eigenvalue weighted by atomic mass is 9.77. The number of nitrogens with zero attached hydrogens (tertiary/aromatic N) is 2. The average molecular weight is 901 g/mol. The number of aromatic hydroxyl groups is 2. The molecule has 9 rings (SSSR count). The van der Waals surface area contributed by atoms with Crippen LogP contribution in [0.3, 0.4) is 0 Å². The Morgan fingerprint density at radius 3 is 2.13 bits per heavy atom. The van der Waals surface area contributed by atoms with Gasteiger partial charge in [0.1, 0.15) is 34.3 Å². The highest BCUT2D eigenvalue weighted by atomic mass is 16.6. The Morgan fingerprint density at radius 2 is 1.45 bits per heavy atom. The number of carbonyl (C=O) groups excluding carboxylic acids is 3. The minimum atomic E-state index is -1.50. The first-order chi connectivity index (χ1) is 32.4. The fourth-order valence-electron chi connectivity index (χ4n) is 9.31. The molecule has 3 aliphatic heterocycles. The summed E-state index contributed by atoms with van der Waals surface area (Å²) in [7, 11) is 0. The molecule has 0 fully saturated rings. The number of phenolic OH excluding ortho intramolecular Hbond substituents is 2. The lowest BCUT2D eigenvalue weighted by Crippen LogP contribution is -2.41. The van der Waals surface area contributed by atoms with Crippen molar-refractivity contribution in [2.24, 2.45) is 10.7 Å². The maximum absolute atomic E-state index is 14.2. The average Bonchev–Trinajstić information content (AvgIpc) is 3.59. The van der Waals surface area contributed by atoms with Crippen LogP contribution >= 0.6 is 0 Å². The Morgan fingerprint density at radius 1 is 0.746 bits per heavy atom. The molecule has 0 unspecified atom stereocenters. The number of hydrogen-bond acceptors (Lipinski definition) is 12. The van der Waals surface area contributed by atoms with E-state index in [1.807, 2.05) is 50.2 Å². The molecule has 342 valence electrons. The van der Waals surface area contributed by atoms with Gasteiger partial charge in [0.25, 0.3) is 11.8 Å². The summed E-state index contributed by atoms with van der Waals surface area (Å²) in [6.45, 7) is 12.0. The fourth-order valence-corrected chi connectivity index (χ4v) is 9.31. The van der Waals surface area contributed by atoms with Crippen LogP contribution < -0.4 is 31.8 Å².